The Morgan fingerprint density at radius 3 is 2.74 bits per heavy atom. The van der Waals surface area contributed by atoms with Crippen molar-refractivity contribution in [2.75, 3.05) is 33.2 Å². The molecule has 0 bridgehead atoms. The van der Waals surface area contributed by atoms with E-state index in [0.29, 0.717) is 5.56 Å². The van der Waals surface area contributed by atoms with E-state index in [0.717, 1.165) is 26.2 Å². The second kappa shape index (κ2) is 6.45. The van der Waals surface area contributed by atoms with Crippen molar-refractivity contribution in [3.05, 3.63) is 41.7 Å². The van der Waals surface area contributed by atoms with Crippen LogP contribution in [-0.4, -0.2) is 49.0 Å². The second-order valence-electron chi connectivity index (χ2n) is 4.65. The van der Waals surface area contributed by atoms with E-state index in [1.807, 2.05) is 5.01 Å². The van der Waals surface area contributed by atoms with Crippen LogP contribution in [0.1, 0.15) is 5.56 Å². The van der Waals surface area contributed by atoms with E-state index in [9.17, 15) is 9.18 Å². The van der Waals surface area contributed by atoms with E-state index < -0.39 is 0 Å². The minimum Gasteiger partial charge on any atom is -0.304 e. The van der Waals surface area contributed by atoms with E-state index in [-0.39, 0.29) is 11.7 Å². The molecule has 2 rings (SSSR count). The lowest BCUT2D eigenvalue weighted by Gasteiger charge is -2.31. The molecule has 0 aromatic heterocycles. The first kappa shape index (κ1) is 13.7. The number of hydrazine groups is 1. The number of hydrogen-bond donors (Lipinski definition) is 1. The molecule has 1 aromatic rings. The predicted octanol–water partition coefficient (Wildman–Crippen LogP) is 1.12. The number of nitrogens with one attached hydrogen (secondary N) is 1. The fourth-order valence-electron chi connectivity index (χ4n) is 1.89. The van der Waals surface area contributed by atoms with E-state index in [1.165, 1.54) is 18.2 Å². The molecule has 5 heteroatoms. The molecule has 1 saturated heterocycles. The van der Waals surface area contributed by atoms with Crippen molar-refractivity contribution in [3.8, 4) is 0 Å². The van der Waals surface area contributed by atoms with Crippen molar-refractivity contribution in [2.45, 2.75) is 0 Å². The summed E-state index contributed by atoms with van der Waals surface area (Å²) in [6.45, 7) is 3.51. The van der Waals surface area contributed by atoms with Gasteiger partial charge in [0.25, 0.3) is 5.91 Å². The van der Waals surface area contributed by atoms with Crippen LogP contribution in [0.25, 0.3) is 6.08 Å². The van der Waals surface area contributed by atoms with Gasteiger partial charge in [-0.05, 0) is 30.8 Å². The molecule has 102 valence electrons. The molecule has 1 aliphatic rings. The molecule has 19 heavy (non-hydrogen) atoms. The first-order chi connectivity index (χ1) is 9.13. The number of benzene rings is 1. The van der Waals surface area contributed by atoms with Gasteiger partial charge in [0.1, 0.15) is 5.82 Å². The van der Waals surface area contributed by atoms with Gasteiger partial charge in [-0.15, -0.1) is 0 Å². The van der Waals surface area contributed by atoms with Crippen molar-refractivity contribution in [3.63, 3.8) is 0 Å². The molecule has 1 fully saturated rings. The number of carbonyl (C=O) groups excluding carboxylic acids is 1. The molecule has 1 aliphatic heterocycles. The van der Waals surface area contributed by atoms with Gasteiger partial charge in [0.15, 0.2) is 0 Å². The van der Waals surface area contributed by atoms with Gasteiger partial charge >= 0.3 is 0 Å². The van der Waals surface area contributed by atoms with E-state index in [2.05, 4.69) is 17.4 Å². The minimum absolute atomic E-state index is 0.186. The number of likely N-dealkylation sites (N-methyl/N-ethyl adjacent to an activating group) is 1. The summed E-state index contributed by atoms with van der Waals surface area (Å²) in [5.41, 5.74) is 3.49. The Balaban J connectivity index is 1.84. The summed E-state index contributed by atoms with van der Waals surface area (Å²) in [6, 6.07) is 6.14. The van der Waals surface area contributed by atoms with Gasteiger partial charge in [-0.2, -0.15) is 0 Å². The first-order valence-electron chi connectivity index (χ1n) is 6.31. The van der Waals surface area contributed by atoms with Crippen molar-refractivity contribution in [1.29, 1.82) is 0 Å². The van der Waals surface area contributed by atoms with Crippen LogP contribution in [0, 0.1) is 5.82 Å². The lowest BCUT2D eigenvalue weighted by Crippen LogP contribution is -2.52. The van der Waals surface area contributed by atoms with Crippen LogP contribution in [0.5, 0.6) is 0 Å². The van der Waals surface area contributed by atoms with Crippen LogP contribution < -0.4 is 5.43 Å². The molecule has 1 amide bonds. The van der Waals surface area contributed by atoms with Crippen molar-refractivity contribution < 1.29 is 9.18 Å². The molecule has 1 aromatic carbocycles. The normalized spacial score (nSPS) is 17.8. The number of piperazine rings is 1. The molecule has 0 saturated carbocycles. The maximum Gasteiger partial charge on any atom is 0.258 e. The molecule has 1 heterocycles. The van der Waals surface area contributed by atoms with Gasteiger partial charge in [-0.3, -0.25) is 10.2 Å². The number of halogens is 1. The van der Waals surface area contributed by atoms with Crippen molar-refractivity contribution in [2.24, 2.45) is 0 Å². The average molecular weight is 263 g/mol. The molecule has 0 unspecified atom stereocenters. The molecular weight excluding hydrogens is 245 g/mol. The third-order valence-electron chi connectivity index (χ3n) is 3.05. The monoisotopic (exact) mass is 263 g/mol. The number of amides is 1. The SMILES string of the molecule is CN1CCN(NC(=O)/C=C/c2cccc(F)c2)CC1. The van der Waals surface area contributed by atoms with Crippen LogP contribution >= 0.6 is 0 Å². The lowest BCUT2D eigenvalue weighted by molar-refractivity contribution is -0.121. The maximum absolute atomic E-state index is 13.0. The first-order valence-corrected chi connectivity index (χ1v) is 6.31. The highest BCUT2D eigenvalue weighted by molar-refractivity contribution is 5.91. The zero-order chi connectivity index (χ0) is 13.7. The van der Waals surface area contributed by atoms with E-state index >= 15 is 0 Å². The molecule has 0 radical (unpaired) electrons. The summed E-state index contributed by atoms with van der Waals surface area (Å²) >= 11 is 0. The number of rotatable bonds is 3. The molecule has 4 nitrogen and oxygen atoms in total. The van der Waals surface area contributed by atoms with Crippen molar-refractivity contribution >= 4 is 12.0 Å². The summed E-state index contributed by atoms with van der Waals surface area (Å²) in [4.78, 5) is 13.9. The zero-order valence-corrected chi connectivity index (χ0v) is 11.0. The van der Waals surface area contributed by atoms with Gasteiger partial charge in [0, 0.05) is 32.3 Å². The highest BCUT2D eigenvalue weighted by Gasteiger charge is 2.14. The quantitative estimate of drug-likeness (QED) is 0.830. The molecule has 1 N–H and O–H groups in total. The average Bonchev–Trinajstić information content (AvgIpc) is 2.39. The summed E-state index contributed by atoms with van der Waals surface area (Å²) in [6.07, 6.45) is 3.03. The van der Waals surface area contributed by atoms with Crippen LogP contribution in [0.3, 0.4) is 0 Å². The van der Waals surface area contributed by atoms with Gasteiger partial charge in [0.05, 0.1) is 0 Å². The smallest absolute Gasteiger partial charge is 0.258 e. The fraction of sp³-hybridized carbons (Fsp3) is 0.357. The Bertz CT molecular complexity index is 468. The Hall–Kier alpha value is -1.72. The zero-order valence-electron chi connectivity index (χ0n) is 11.0. The third kappa shape index (κ3) is 4.46. The Kier molecular flexibility index (Phi) is 4.65. The number of carbonyl (C=O) groups is 1. The third-order valence-corrected chi connectivity index (χ3v) is 3.05. The van der Waals surface area contributed by atoms with E-state index in [4.69, 9.17) is 0 Å². The molecule has 0 atom stereocenters. The van der Waals surface area contributed by atoms with Gasteiger partial charge in [-0.1, -0.05) is 12.1 Å². The topological polar surface area (TPSA) is 35.6 Å². The van der Waals surface area contributed by atoms with E-state index in [1.54, 1.807) is 18.2 Å². The van der Waals surface area contributed by atoms with Gasteiger partial charge in [0.2, 0.25) is 0 Å². The summed E-state index contributed by atoms with van der Waals surface area (Å²) in [5.74, 6) is -0.490. The van der Waals surface area contributed by atoms with Crippen LogP contribution in [0.2, 0.25) is 0 Å². The van der Waals surface area contributed by atoms with Crippen LogP contribution in [0.15, 0.2) is 30.3 Å². The highest BCUT2D eigenvalue weighted by Crippen LogP contribution is 2.05. The number of hydrogen-bond acceptors (Lipinski definition) is 3. The summed E-state index contributed by atoms with van der Waals surface area (Å²) < 4.78 is 13.0. The Morgan fingerprint density at radius 1 is 1.32 bits per heavy atom. The molecular formula is C14H18FN3O. The van der Waals surface area contributed by atoms with Crippen molar-refractivity contribution in [1.82, 2.24) is 15.3 Å². The van der Waals surface area contributed by atoms with Gasteiger partial charge < -0.3 is 4.90 Å². The molecule has 0 spiro atoms. The number of nitrogens with zero attached hydrogens (tertiary/aromatic N) is 2. The Morgan fingerprint density at radius 2 is 2.05 bits per heavy atom. The predicted molar refractivity (Wildman–Crippen MR) is 72.6 cm³/mol. The largest absolute Gasteiger partial charge is 0.304 e. The van der Waals surface area contributed by atoms with Crippen LogP contribution in [0.4, 0.5) is 4.39 Å². The molecule has 0 aliphatic carbocycles. The summed E-state index contributed by atoms with van der Waals surface area (Å²) in [5, 5.41) is 1.90. The lowest BCUT2D eigenvalue weighted by atomic mass is 10.2. The van der Waals surface area contributed by atoms with Gasteiger partial charge in [-0.25, -0.2) is 9.40 Å². The minimum atomic E-state index is -0.304. The maximum atomic E-state index is 13.0. The van der Waals surface area contributed by atoms with Crippen LogP contribution in [-0.2, 0) is 4.79 Å². The second-order valence-corrected chi connectivity index (χ2v) is 4.65. The standard InChI is InChI=1S/C14H18FN3O/c1-17-7-9-18(10-8-17)16-14(19)6-5-12-3-2-4-13(15)11-12/h2-6,11H,7-10H2,1H3,(H,16,19)/b6-5+. The Labute approximate surface area is 112 Å². The highest BCUT2D eigenvalue weighted by atomic mass is 19.1. The fourth-order valence-corrected chi connectivity index (χ4v) is 1.89. The summed E-state index contributed by atoms with van der Waals surface area (Å²) in [7, 11) is 2.06.